The predicted molar refractivity (Wildman–Crippen MR) is 239 cm³/mol. The summed E-state index contributed by atoms with van der Waals surface area (Å²) in [4.78, 5) is 13.7. The summed E-state index contributed by atoms with van der Waals surface area (Å²) in [5, 5.41) is 9.56. The van der Waals surface area contributed by atoms with E-state index in [0.29, 0.717) is 0 Å². The van der Waals surface area contributed by atoms with Gasteiger partial charge in [-0.2, -0.15) is 0 Å². The molecule has 0 saturated heterocycles. The molecule has 0 N–H and O–H groups in total. The van der Waals surface area contributed by atoms with Gasteiger partial charge in [-0.15, -0.1) is 0 Å². The van der Waals surface area contributed by atoms with E-state index in [9.17, 15) is 0 Å². The first-order valence-corrected chi connectivity index (χ1v) is 20.3. The SMILES string of the molecule is c1ccc2cc(C3=NC(c4cccc5ccccc45)N4C(=N3)c3cc5oc6ccccc6c5cc3C3CCc5cc6ccccc6cc5-c5ccc4cc53)ccc2c1. The van der Waals surface area contributed by atoms with Gasteiger partial charge in [0, 0.05) is 39.1 Å². The molecule has 1 aromatic heterocycles. The lowest BCUT2D eigenvalue weighted by molar-refractivity contribution is 0.667. The minimum Gasteiger partial charge on any atom is -0.456 e. The summed E-state index contributed by atoms with van der Waals surface area (Å²) in [6, 6.07) is 64.2. The van der Waals surface area contributed by atoms with Gasteiger partial charge < -0.3 is 4.42 Å². The highest BCUT2D eigenvalue weighted by Gasteiger charge is 2.38. The first kappa shape index (κ1) is 31.9. The van der Waals surface area contributed by atoms with Crippen molar-refractivity contribution in [1.82, 2.24) is 0 Å². The van der Waals surface area contributed by atoms with Crippen LogP contribution in [-0.4, -0.2) is 11.7 Å². The normalized spacial score (nSPS) is 17.0. The Morgan fingerprint density at radius 3 is 2.09 bits per heavy atom. The summed E-state index contributed by atoms with van der Waals surface area (Å²) in [6.45, 7) is 0. The van der Waals surface area contributed by atoms with E-state index in [4.69, 9.17) is 14.4 Å². The number of hydrogen-bond acceptors (Lipinski definition) is 4. The van der Waals surface area contributed by atoms with Gasteiger partial charge in [0.2, 0.25) is 0 Å². The smallest absolute Gasteiger partial charge is 0.159 e. The number of nitrogens with zero attached hydrogens (tertiary/aromatic N) is 3. The molecule has 3 heterocycles. The monoisotopic (exact) mass is 741 g/mol. The Kier molecular flexibility index (Phi) is 6.65. The third-order valence-corrected chi connectivity index (χ3v) is 12.9. The first-order valence-electron chi connectivity index (χ1n) is 20.3. The molecule has 2 bridgehead atoms. The molecule has 0 saturated carbocycles. The topological polar surface area (TPSA) is 41.1 Å². The largest absolute Gasteiger partial charge is 0.456 e. The van der Waals surface area contributed by atoms with Crippen LogP contribution in [0.25, 0.3) is 65.4 Å². The van der Waals surface area contributed by atoms with Crippen molar-refractivity contribution < 1.29 is 4.42 Å². The second-order valence-electron chi connectivity index (χ2n) is 16.0. The zero-order valence-electron chi connectivity index (χ0n) is 31.6. The minimum absolute atomic E-state index is 0.127. The van der Waals surface area contributed by atoms with E-state index >= 15 is 0 Å². The number of fused-ring (bicyclic) bond motifs is 14. The maximum Gasteiger partial charge on any atom is 0.159 e. The van der Waals surface area contributed by atoms with Crippen LogP contribution in [0.15, 0.2) is 190 Å². The lowest BCUT2D eigenvalue weighted by Gasteiger charge is -2.39. The lowest BCUT2D eigenvalue weighted by atomic mass is 9.80. The number of benzene rings is 9. The van der Waals surface area contributed by atoms with Crippen molar-refractivity contribution in [2.45, 2.75) is 24.9 Å². The van der Waals surface area contributed by atoms with Gasteiger partial charge in [0.1, 0.15) is 17.0 Å². The summed E-state index contributed by atoms with van der Waals surface area (Å²) in [5.41, 5.74) is 12.7. The van der Waals surface area contributed by atoms with E-state index < -0.39 is 6.17 Å². The third-order valence-electron chi connectivity index (χ3n) is 12.9. The molecule has 10 aromatic rings. The molecule has 4 heteroatoms. The van der Waals surface area contributed by atoms with Crippen molar-refractivity contribution in [2.75, 3.05) is 4.90 Å². The standard InChI is InChI=1S/C54H35N3O/c1-2-12-34-27-38(21-20-32(34)10-1)52-55-53(44-18-9-15-33-11-5-6-16-40(33)44)57-39-23-25-41-45-28-36-14-4-3-13-35(36)26-37(45)22-24-42(46(41)29-39)47-30-48-43-17-7-8-19-50(43)58-51(48)31-49(47)54(57)56-52/h1-21,23,25-31,42,53H,22,24H2. The van der Waals surface area contributed by atoms with Gasteiger partial charge in [-0.05, 0) is 115 Å². The Labute approximate surface area is 335 Å². The van der Waals surface area contributed by atoms with Crippen LogP contribution in [0, 0.1) is 0 Å². The maximum absolute atomic E-state index is 6.67. The van der Waals surface area contributed by atoms with Crippen molar-refractivity contribution in [3.63, 3.8) is 0 Å². The van der Waals surface area contributed by atoms with E-state index in [-0.39, 0.29) is 5.92 Å². The van der Waals surface area contributed by atoms with E-state index in [1.807, 2.05) is 0 Å². The van der Waals surface area contributed by atoms with Crippen LogP contribution in [0.4, 0.5) is 5.69 Å². The van der Waals surface area contributed by atoms with E-state index in [0.717, 1.165) is 68.8 Å². The second kappa shape index (κ2) is 12.1. The molecule has 2 unspecified atom stereocenters. The molecule has 0 radical (unpaired) electrons. The minimum atomic E-state index is -0.393. The summed E-state index contributed by atoms with van der Waals surface area (Å²) in [5.74, 6) is 1.74. The molecular formula is C54H35N3O. The van der Waals surface area contributed by atoms with Crippen molar-refractivity contribution in [3.05, 3.63) is 209 Å². The molecule has 13 rings (SSSR count). The molecule has 272 valence electrons. The van der Waals surface area contributed by atoms with Gasteiger partial charge in [0.05, 0.1) is 0 Å². The highest BCUT2D eigenvalue weighted by Crippen LogP contribution is 2.50. The van der Waals surface area contributed by atoms with Crippen LogP contribution in [0.1, 0.15) is 51.9 Å². The van der Waals surface area contributed by atoms with E-state index in [2.05, 4.69) is 181 Å². The Bertz CT molecular complexity index is 3440. The Morgan fingerprint density at radius 1 is 0.483 bits per heavy atom. The molecule has 2 aliphatic heterocycles. The van der Waals surface area contributed by atoms with Gasteiger partial charge in [0.15, 0.2) is 12.0 Å². The van der Waals surface area contributed by atoms with Crippen LogP contribution >= 0.6 is 0 Å². The van der Waals surface area contributed by atoms with Crippen LogP contribution < -0.4 is 4.90 Å². The van der Waals surface area contributed by atoms with Gasteiger partial charge in [0.25, 0.3) is 0 Å². The van der Waals surface area contributed by atoms with Crippen molar-refractivity contribution in [1.29, 1.82) is 0 Å². The highest BCUT2D eigenvalue weighted by atomic mass is 16.3. The fourth-order valence-corrected chi connectivity index (χ4v) is 10.1. The Hall–Kier alpha value is -7.30. The average Bonchev–Trinajstić information content (AvgIpc) is 3.57. The number of aryl methyl sites for hydroxylation is 1. The van der Waals surface area contributed by atoms with Crippen molar-refractivity contribution >= 4 is 71.6 Å². The number of hydrogen-bond donors (Lipinski definition) is 0. The zero-order valence-corrected chi connectivity index (χ0v) is 31.6. The van der Waals surface area contributed by atoms with Crippen molar-refractivity contribution in [2.24, 2.45) is 9.98 Å². The van der Waals surface area contributed by atoms with Crippen LogP contribution in [0.3, 0.4) is 0 Å². The molecule has 0 spiro atoms. The van der Waals surface area contributed by atoms with Gasteiger partial charge >= 0.3 is 0 Å². The van der Waals surface area contributed by atoms with Gasteiger partial charge in [-0.3, -0.25) is 4.90 Å². The summed E-state index contributed by atoms with van der Waals surface area (Å²) < 4.78 is 6.67. The van der Waals surface area contributed by atoms with Crippen LogP contribution in [0.2, 0.25) is 0 Å². The molecule has 3 aliphatic rings. The third kappa shape index (κ3) is 4.69. The lowest BCUT2D eigenvalue weighted by Crippen LogP contribution is -2.40. The van der Waals surface area contributed by atoms with Crippen LogP contribution in [0.5, 0.6) is 0 Å². The van der Waals surface area contributed by atoms with Crippen molar-refractivity contribution in [3.8, 4) is 11.1 Å². The molecular weight excluding hydrogens is 707 g/mol. The number of rotatable bonds is 2. The number of para-hydroxylation sites is 1. The van der Waals surface area contributed by atoms with E-state index in [1.54, 1.807) is 0 Å². The molecule has 2 atom stereocenters. The fraction of sp³-hybridized carbons (Fsp3) is 0.0741. The Morgan fingerprint density at radius 2 is 1.21 bits per heavy atom. The summed E-state index contributed by atoms with van der Waals surface area (Å²) in [6.07, 6.45) is 1.55. The van der Waals surface area contributed by atoms with Gasteiger partial charge in [-0.25, -0.2) is 9.98 Å². The van der Waals surface area contributed by atoms with Crippen LogP contribution in [-0.2, 0) is 6.42 Å². The number of furan rings is 1. The number of aliphatic imine (C=N–C) groups is 2. The summed E-state index contributed by atoms with van der Waals surface area (Å²) >= 11 is 0. The highest BCUT2D eigenvalue weighted by molar-refractivity contribution is 6.22. The molecule has 0 fully saturated rings. The fourth-order valence-electron chi connectivity index (χ4n) is 10.1. The number of anilines is 1. The summed E-state index contributed by atoms with van der Waals surface area (Å²) in [7, 11) is 0. The first-order chi connectivity index (χ1) is 28.7. The molecule has 1 aliphatic carbocycles. The number of amidine groups is 2. The zero-order chi connectivity index (χ0) is 37.9. The predicted octanol–water partition coefficient (Wildman–Crippen LogP) is 13.5. The molecule has 9 aromatic carbocycles. The molecule has 0 amide bonds. The van der Waals surface area contributed by atoms with E-state index in [1.165, 1.54) is 60.1 Å². The Balaban J connectivity index is 1.13. The maximum atomic E-state index is 6.67. The molecule has 58 heavy (non-hydrogen) atoms. The second-order valence-corrected chi connectivity index (χ2v) is 16.0. The quantitative estimate of drug-likeness (QED) is 0.177. The van der Waals surface area contributed by atoms with Gasteiger partial charge in [-0.1, -0.05) is 133 Å². The molecule has 4 nitrogen and oxygen atoms in total. The average molecular weight is 742 g/mol.